The average Bonchev–Trinajstić information content (AvgIpc) is 3.63. The molecule has 14 heteroatoms. The molecule has 1 saturated heterocycles. The minimum absolute atomic E-state index is 0.348. The van der Waals surface area contributed by atoms with Crippen molar-refractivity contribution >= 4 is 56.5 Å². The average molecular weight is 627 g/mol. The lowest BCUT2D eigenvalue weighted by molar-refractivity contribution is -0.137. The molecule has 4 heterocycles. The van der Waals surface area contributed by atoms with E-state index in [1.807, 2.05) is 48.5 Å². The standard InChI is InChI=1S/C24H22IN9O4/c1-26-23(37)19-17(35)18(36)24(38-19)33-11-29-16-20(27-10-28-22(16)33)30-21(12-5-4-6-13(25)9-12)34-15-8-3-2-7-14(15)31-32-34/h2-11,17-19,21,24,35-36H,1H3,(H,26,37)(H,27,28,30)/t17-,18+,19-,21?,24+/m0/s1. The van der Waals surface area contributed by atoms with Crippen LogP contribution in [0.3, 0.4) is 0 Å². The predicted molar refractivity (Wildman–Crippen MR) is 144 cm³/mol. The van der Waals surface area contributed by atoms with E-state index in [2.05, 4.69) is 58.5 Å². The quantitative estimate of drug-likeness (QED) is 0.201. The number of hydrogen-bond acceptors (Lipinski definition) is 10. The summed E-state index contributed by atoms with van der Waals surface area (Å²) >= 11 is 2.26. The number of nitrogens with zero attached hydrogens (tertiary/aromatic N) is 7. The first kappa shape index (κ1) is 24.6. The Morgan fingerprint density at radius 3 is 2.76 bits per heavy atom. The maximum absolute atomic E-state index is 12.1. The maximum atomic E-state index is 12.1. The van der Waals surface area contributed by atoms with Crippen LogP contribution < -0.4 is 10.6 Å². The minimum atomic E-state index is -1.41. The molecule has 38 heavy (non-hydrogen) atoms. The van der Waals surface area contributed by atoms with Crippen LogP contribution in [-0.2, 0) is 9.53 Å². The van der Waals surface area contributed by atoms with Crippen molar-refractivity contribution < 1.29 is 19.7 Å². The molecule has 0 bridgehead atoms. The van der Waals surface area contributed by atoms with E-state index in [0.717, 1.165) is 20.2 Å². The van der Waals surface area contributed by atoms with Crippen molar-refractivity contribution in [3.05, 3.63) is 70.3 Å². The van der Waals surface area contributed by atoms with E-state index in [-0.39, 0.29) is 0 Å². The maximum Gasteiger partial charge on any atom is 0.251 e. The fourth-order valence-electron chi connectivity index (χ4n) is 4.56. The number of fused-ring (bicyclic) bond motifs is 2. The molecule has 1 amide bonds. The van der Waals surface area contributed by atoms with Gasteiger partial charge in [0, 0.05) is 10.6 Å². The van der Waals surface area contributed by atoms with Crippen LogP contribution in [0.5, 0.6) is 0 Å². The number of aliphatic hydroxyl groups excluding tert-OH is 2. The van der Waals surface area contributed by atoms with Crippen molar-refractivity contribution in [3.63, 3.8) is 0 Å². The first-order valence-electron chi connectivity index (χ1n) is 11.7. The molecule has 1 aliphatic heterocycles. The molecule has 0 radical (unpaired) electrons. The van der Waals surface area contributed by atoms with Gasteiger partial charge in [0.15, 0.2) is 29.3 Å². The molecule has 4 N–H and O–H groups in total. The summed E-state index contributed by atoms with van der Waals surface area (Å²) in [6.07, 6.45) is -2.80. The van der Waals surface area contributed by atoms with Crippen LogP contribution in [0, 0.1) is 3.57 Å². The minimum Gasteiger partial charge on any atom is -0.387 e. The van der Waals surface area contributed by atoms with Gasteiger partial charge in [-0.05, 0) is 52.4 Å². The largest absolute Gasteiger partial charge is 0.387 e. The molecule has 13 nitrogen and oxygen atoms in total. The monoisotopic (exact) mass is 627 g/mol. The van der Waals surface area contributed by atoms with Gasteiger partial charge in [0.1, 0.15) is 30.2 Å². The van der Waals surface area contributed by atoms with E-state index in [9.17, 15) is 15.0 Å². The SMILES string of the molecule is CNC(=O)[C@H]1O[C@@H](n2cnc3c(NC(c4cccc(I)c4)n4nnc5ccccc54)ncnc32)[C@H](O)[C@@H]1O. The summed E-state index contributed by atoms with van der Waals surface area (Å²) < 4.78 is 10.0. The van der Waals surface area contributed by atoms with Crippen molar-refractivity contribution in [1.29, 1.82) is 0 Å². The Bertz CT molecular complexity index is 1640. The second-order valence-electron chi connectivity index (χ2n) is 8.71. The number of benzene rings is 2. The Balaban J connectivity index is 1.41. The predicted octanol–water partition coefficient (Wildman–Crippen LogP) is 1.20. The second kappa shape index (κ2) is 9.86. The third-order valence-electron chi connectivity index (χ3n) is 6.44. The van der Waals surface area contributed by atoms with Gasteiger partial charge in [-0.25, -0.2) is 19.6 Å². The summed E-state index contributed by atoms with van der Waals surface area (Å²) in [7, 11) is 1.43. The number of aromatic nitrogens is 7. The van der Waals surface area contributed by atoms with Crippen molar-refractivity contribution in [2.75, 3.05) is 12.4 Å². The molecule has 1 fully saturated rings. The second-order valence-corrected chi connectivity index (χ2v) is 9.96. The van der Waals surface area contributed by atoms with Gasteiger partial charge in [0.2, 0.25) is 0 Å². The van der Waals surface area contributed by atoms with E-state index >= 15 is 0 Å². The summed E-state index contributed by atoms with van der Waals surface area (Å²) in [5.41, 5.74) is 3.25. The van der Waals surface area contributed by atoms with Crippen LogP contribution in [0.1, 0.15) is 18.0 Å². The summed E-state index contributed by atoms with van der Waals surface area (Å²) in [4.78, 5) is 25.4. The zero-order valence-corrected chi connectivity index (χ0v) is 22.0. The van der Waals surface area contributed by atoms with E-state index in [4.69, 9.17) is 4.74 Å². The molecular weight excluding hydrogens is 605 g/mol. The molecule has 3 aromatic heterocycles. The molecule has 1 aliphatic rings. The molecule has 5 aromatic rings. The number of carbonyl (C=O) groups is 1. The van der Waals surface area contributed by atoms with Gasteiger partial charge >= 0.3 is 0 Å². The van der Waals surface area contributed by atoms with Crippen molar-refractivity contribution in [2.45, 2.75) is 30.7 Å². The highest BCUT2D eigenvalue weighted by molar-refractivity contribution is 14.1. The van der Waals surface area contributed by atoms with Crippen LogP contribution in [0.2, 0.25) is 0 Å². The number of anilines is 1. The lowest BCUT2D eigenvalue weighted by Crippen LogP contribution is -2.41. The number of nitrogens with one attached hydrogen (secondary N) is 2. The summed E-state index contributed by atoms with van der Waals surface area (Å²) in [6.45, 7) is 0. The van der Waals surface area contributed by atoms with Crippen LogP contribution in [-0.4, -0.2) is 76.0 Å². The topological polar surface area (TPSA) is 165 Å². The number of aliphatic hydroxyl groups is 2. The Labute approximate surface area is 229 Å². The molecule has 0 saturated carbocycles. The van der Waals surface area contributed by atoms with Gasteiger partial charge < -0.3 is 25.6 Å². The van der Waals surface area contributed by atoms with Gasteiger partial charge in [0.25, 0.3) is 5.91 Å². The Kier molecular flexibility index (Phi) is 6.38. The van der Waals surface area contributed by atoms with Crippen molar-refractivity contribution in [1.82, 2.24) is 39.8 Å². The zero-order chi connectivity index (χ0) is 26.4. The Morgan fingerprint density at radius 2 is 1.95 bits per heavy atom. The van der Waals surface area contributed by atoms with Crippen molar-refractivity contribution in [3.8, 4) is 0 Å². The fraction of sp³-hybridized carbons (Fsp3) is 0.250. The molecule has 6 rings (SSSR count). The molecule has 194 valence electrons. The van der Waals surface area contributed by atoms with Crippen LogP contribution >= 0.6 is 22.6 Å². The first-order valence-corrected chi connectivity index (χ1v) is 12.8. The number of amides is 1. The molecule has 5 atom stereocenters. The molecule has 0 aliphatic carbocycles. The number of ether oxygens (including phenoxy) is 1. The van der Waals surface area contributed by atoms with Crippen molar-refractivity contribution in [2.24, 2.45) is 0 Å². The number of hydrogen-bond donors (Lipinski definition) is 4. The zero-order valence-electron chi connectivity index (χ0n) is 19.9. The highest BCUT2D eigenvalue weighted by atomic mass is 127. The number of imidazole rings is 1. The number of carbonyl (C=O) groups excluding carboxylic acids is 1. The van der Waals surface area contributed by atoms with Crippen LogP contribution in [0.15, 0.2) is 61.2 Å². The number of likely N-dealkylation sites (N-methyl/N-ethyl adjacent to an activating group) is 1. The lowest BCUT2D eigenvalue weighted by atomic mass is 10.1. The van der Waals surface area contributed by atoms with Gasteiger partial charge in [-0.15, -0.1) is 5.10 Å². The summed E-state index contributed by atoms with van der Waals surface area (Å²) in [5, 5.41) is 35.6. The van der Waals surface area contributed by atoms with Crippen LogP contribution in [0.4, 0.5) is 5.82 Å². The van der Waals surface area contributed by atoms with E-state index in [1.54, 1.807) is 4.68 Å². The normalized spacial score (nSPS) is 22.1. The van der Waals surface area contributed by atoms with Gasteiger partial charge in [-0.2, -0.15) is 0 Å². The molecular formula is C24H22IN9O4. The summed E-state index contributed by atoms with van der Waals surface area (Å²) in [6, 6.07) is 15.6. The Morgan fingerprint density at radius 1 is 1.11 bits per heavy atom. The number of rotatable bonds is 6. The molecule has 2 aromatic carbocycles. The van der Waals surface area contributed by atoms with E-state index in [1.165, 1.54) is 24.3 Å². The fourth-order valence-corrected chi connectivity index (χ4v) is 5.13. The molecule has 0 spiro atoms. The smallest absolute Gasteiger partial charge is 0.251 e. The number of halogens is 1. The summed E-state index contributed by atoms with van der Waals surface area (Å²) in [5.74, 6) is -0.131. The van der Waals surface area contributed by atoms with E-state index in [0.29, 0.717) is 17.0 Å². The lowest BCUT2D eigenvalue weighted by Gasteiger charge is -2.21. The third-order valence-corrected chi connectivity index (χ3v) is 7.11. The molecule has 1 unspecified atom stereocenters. The van der Waals surface area contributed by atoms with Crippen LogP contribution in [0.25, 0.3) is 22.2 Å². The highest BCUT2D eigenvalue weighted by Crippen LogP contribution is 2.33. The highest BCUT2D eigenvalue weighted by Gasteiger charge is 2.47. The third kappa shape index (κ3) is 4.14. The van der Waals surface area contributed by atoms with Gasteiger partial charge in [0.05, 0.1) is 11.8 Å². The first-order chi connectivity index (χ1) is 18.5. The van der Waals surface area contributed by atoms with Gasteiger partial charge in [-0.3, -0.25) is 9.36 Å². The van der Waals surface area contributed by atoms with Gasteiger partial charge in [-0.1, -0.05) is 29.5 Å². The number of para-hydroxylation sites is 1. The Hall–Kier alpha value is -3.73. The van der Waals surface area contributed by atoms with E-state index < -0.39 is 36.6 Å².